The Morgan fingerprint density at radius 2 is 1.74 bits per heavy atom. The Bertz CT molecular complexity index is 895. The van der Waals surface area contributed by atoms with Gasteiger partial charge in [-0.05, 0) is 60.0 Å². The summed E-state index contributed by atoms with van der Waals surface area (Å²) in [5, 5.41) is 12.3. The highest BCUT2D eigenvalue weighted by molar-refractivity contribution is 9.10. The molecular formula is C22H20BrNO3. The third-order valence-corrected chi connectivity index (χ3v) is 4.61. The lowest BCUT2D eigenvalue weighted by Gasteiger charge is -2.13. The molecule has 5 heteroatoms. The van der Waals surface area contributed by atoms with Gasteiger partial charge >= 0.3 is 5.97 Å². The molecule has 0 radical (unpaired) electrons. The van der Waals surface area contributed by atoms with Crippen LogP contribution >= 0.6 is 15.9 Å². The Kier molecular flexibility index (Phi) is 6.49. The Morgan fingerprint density at radius 3 is 2.44 bits per heavy atom. The Morgan fingerprint density at radius 1 is 1.00 bits per heavy atom. The summed E-state index contributed by atoms with van der Waals surface area (Å²) in [5.74, 6) is -0.0547. The number of ether oxygens (including phenoxy) is 1. The fraction of sp³-hybridized carbons (Fsp3) is 0.136. The summed E-state index contributed by atoms with van der Waals surface area (Å²) in [6.45, 7) is 1.24. The highest BCUT2D eigenvalue weighted by Gasteiger charge is 2.06. The third-order valence-electron chi connectivity index (χ3n) is 4.12. The van der Waals surface area contributed by atoms with Crippen LogP contribution in [0.2, 0.25) is 0 Å². The molecular weight excluding hydrogens is 406 g/mol. The molecule has 0 bridgehead atoms. The smallest absolute Gasteiger partial charge is 0.335 e. The van der Waals surface area contributed by atoms with Crippen molar-refractivity contribution < 1.29 is 14.6 Å². The maximum Gasteiger partial charge on any atom is 0.335 e. The number of nitrogens with one attached hydrogen (secondary N) is 1. The Balaban J connectivity index is 1.60. The van der Waals surface area contributed by atoms with Gasteiger partial charge < -0.3 is 15.2 Å². The van der Waals surface area contributed by atoms with Gasteiger partial charge in [-0.2, -0.15) is 0 Å². The van der Waals surface area contributed by atoms with Crippen LogP contribution in [0.25, 0.3) is 0 Å². The molecule has 138 valence electrons. The molecule has 0 aromatic heterocycles. The van der Waals surface area contributed by atoms with Gasteiger partial charge in [-0.3, -0.25) is 0 Å². The van der Waals surface area contributed by atoms with Crippen molar-refractivity contribution in [1.29, 1.82) is 0 Å². The van der Waals surface area contributed by atoms with E-state index in [1.807, 2.05) is 42.5 Å². The molecule has 0 saturated heterocycles. The van der Waals surface area contributed by atoms with Gasteiger partial charge in [-0.25, -0.2) is 4.79 Å². The van der Waals surface area contributed by atoms with E-state index in [2.05, 4.69) is 27.3 Å². The van der Waals surface area contributed by atoms with Gasteiger partial charge in [0.05, 0.1) is 5.56 Å². The van der Waals surface area contributed by atoms with E-state index in [9.17, 15) is 4.79 Å². The average molecular weight is 426 g/mol. The first-order valence-corrected chi connectivity index (χ1v) is 9.43. The first kappa shape index (κ1) is 19.0. The predicted octanol–water partition coefficient (Wildman–Crippen LogP) is 5.38. The molecule has 0 aliphatic carbocycles. The van der Waals surface area contributed by atoms with Crippen molar-refractivity contribution in [3.63, 3.8) is 0 Å². The second kappa shape index (κ2) is 9.24. The minimum absolute atomic E-state index is 0.282. The molecule has 2 N–H and O–H groups in total. The minimum atomic E-state index is -0.920. The minimum Gasteiger partial charge on any atom is -0.489 e. The Labute approximate surface area is 166 Å². The molecule has 3 aromatic rings. The van der Waals surface area contributed by atoms with E-state index < -0.39 is 5.97 Å². The van der Waals surface area contributed by atoms with E-state index in [1.54, 1.807) is 24.3 Å². The summed E-state index contributed by atoms with van der Waals surface area (Å²) in [5.41, 5.74) is 3.41. The highest BCUT2D eigenvalue weighted by Crippen LogP contribution is 2.25. The largest absolute Gasteiger partial charge is 0.489 e. The van der Waals surface area contributed by atoms with Gasteiger partial charge in [-0.1, -0.05) is 46.3 Å². The maximum absolute atomic E-state index is 10.9. The number of carboxylic acid groups (broad SMARTS) is 1. The highest BCUT2D eigenvalue weighted by atomic mass is 79.9. The molecule has 0 amide bonds. The van der Waals surface area contributed by atoms with E-state index in [-0.39, 0.29) is 5.56 Å². The average Bonchev–Trinajstić information content (AvgIpc) is 2.68. The SMILES string of the molecule is O=C(O)c1ccc(NCCc2cc(Br)ccc2OCc2ccccc2)cc1. The van der Waals surface area contributed by atoms with Crippen molar-refractivity contribution >= 4 is 27.6 Å². The summed E-state index contributed by atoms with van der Waals surface area (Å²) in [4.78, 5) is 10.9. The van der Waals surface area contributed by atoms with E-state index in [1.165, 1.54) is 0 Å². The molecule has 0 aliphatic heterocycles. The first-order valence-electron chi connectivity index (χ1n) is 8.64. The molecule has 0 fully saturated rings. The normalized spacial score (nSPS) is 10.4. The summed E-state index contributed by atoms with van der Waals surface area (Å²) in [7, 11) is 0. The van der Waals surface area contributed by atoms with Crippen molar-refractivity contribution in [2.75, 3.05) is 11.9 Å². The van der Waals surface area contributed by atoms with Crippen LogP contribution < -0.4 is 10.1 Å². The number of halogens is 1. The van der Waals surface area contributed by atoms with Gasteiger partial charge in [0.15, 0.2) is 0 Å². The van der Waals surface area contributed by atoms with Crippen LogP contribution in [0.5, 0.6) is 5.75 Å². The van der Waals surface area contributed by atoms with Crippen LogP contribution in [0, 0.1) is 0 Å². The van der Waals surface area contributed by atoms with Crippen LogP contribution in [0.4, 0.5) is 5.69 Å². The predicted molar refractivity (Wildman–Crippen MR) is 111 cm³/mol. The summed E-state index contributed by atoms with van der Waals surface area (Å²) < 4.78 is 7.02. The van der Waals surface area contributed by atoms with E-state index in [0.717, 1.165) is 33.5 Å². The number of hydrogen-bond donors (Lipinski definition) is 2. The lowest BCUT2D eigenvalue weighted by Crippen LogP contribution is -2.07. The number of hydrogen-bond acceptors (Lipinski definition) is 3. The zero-order chi connectivity index (χ0) is 19.1. The quantitative estimate of drug-likeness (QED) is 0.508. The Hall–Kier alpha value is -2.79. The number of carbonyl (C=O) groups is 1. The van der Waals surface area contributed by atoms with Gasteiger partial charge in [0, 0.05) is 16.7 Å². The van der Waals surface area contributed by atoms with Gasteiger partial charge in [0.25, 0.3) is 0 Å². The zero-order valence-electron chi connectivity index (χ0n) is 14.7. The standard InChI is InChI=1S/C22H20BrNO3/c23-19-8-11-21(27-15-16-4-2-1-3-5-16)18(14-19)12-13-24-20-9-6-17(7-10-20)22(25)26/h1-11,14,24H,12-13,15H2,(H,25,26). The molecule has 0 aliphatic rings. The van der Waals surface area contributed by atoms with Crippen LogP contribution in [-0.2, 0) is 13.0 Å². The third kappa shape index (κ3) is 5.59. The summed E-state index contributed by atoms with van der Waals surface area (Å²) in [6, 6.07) is 22.8. The van der Waals surface area contributed by atoms with E-state index in [4.69, 9.17) is 9.84 Å². The number of carboxylic acids is 1. The van der Waals surface area contributed by atoms with Crippen molar-refractivity contribution in [3.05, 3.63) is 94.0 Å². The fourth-order valence-electron chi connectivity index (χ4n) is 2.69. The van der Waals surface area contributed by atoms with Crippen LogP contribution in [0.1, 0.15) is 21.5 Å². The zero-order valence-corrected chi connectivity index (χ0v) is 16.3. The lowest BCUT2D eigenvalue weighted by molar-refractivity contribution is 0.0697. The lowest BCUT2D eigenvalue weighted by atomic mass is 10.1. The second-order valence-electron chi connectivity index (χ2n) is 6.09. The molecule has 3 aromatic carbocycles. The first-order chi connectivity index (χ1) is 13.1. The number of benzene rings is 3. The van der Waals surface area contributed by atoms with Gasteiger partial charge in [0.1, 0.15) is 12.4 Å². The van der Waals surface area contributed by atoms with Crippen LogP contribution in [-0.4, -0.2) is 17.6 Å². The van der Waals surface area contributed by atoms with Crippen molar-refractivity contribution in [2.45, 2.75) is 13.0 Å². The summed E-state index contributed by atoms with van der Waals surface area (Å²) in [6.07, 6.45) is 0.782. The van der Waals surface area contributed by atoms with Crippen LogP contribution in [0.15, 0.2) is 77.3 Å². The molecule has 0 saturated carbocycles. The van der Waals surface area contributed by atoms with Gasteiger partial charge in [0.2, 0.25) is 0 Å². The topological polar surface area (TPSA) is 58.6 Å². The van der Waals surface area contributed by atoms with Crippen molar-refractivity contribution in [1.82, 2.24) is 0 Å². The van der Waals surface area contributed by atoms with Crippen molar-refractivity contribution in [2.24, 2.45) is 0 Å². The number of aromatic carboxylic acids is 1. The summed E-state index contributed by atoms with van der Waals surface area (Å²) >= 11 is 3.52. The van der Waals surface area contributed by atoms with E-state index in [0.29, 0.717) is 13.2 Å². The number of anilines is 1. The fourth-order valence-corrected chi connectivity index (χ4v) is 3.10. The molecule has 0 spiro atoms. The second-order valence-corrected chi connectivity index (χ2v) is 7.00. The van der Waals surface area contributed by atoms with Crippen LogP contribution in [0.3, 0.4) is 0 Å². The molecule has 4 nitrogen and oxygen atoms in total. The molecule has 0 heterocycles. The maximum atomic E-state index is 10.9. The number of rotatable bonds is 8. The van der Waals surface area contributed by atoms with Gasteiger partial charge in [-0.15, -0.1) is 0 Å². The molecule has 3 rings (SSSR count). The molecule has 27 heavy (non-hydrogen) atoms. The monoisotopic (exact) mass is 425 g/mol. The van der Waals surface area contributed by atoms with Crippen molar-refractivity contribution in [3.8, 4) is 5.75 Å². The molecule has 0 unspecified atom stereocenters. The van der Waals surface area contributed by atoms with E-state index >= 15 is 0 Å². The molecule has 0 atom stereocenters.